The lowest BCUT2D eigenvalue weighted by Crippen LogP contribution is -1.90. The lowest BCUT2D eigenvalue weighted by Gasteiger charge is -1.93. The molecule has 0 aliphatic rings. The Morgan fingerprint density at radius 2 is 2.50 bits per heavy atom. The first-order valence-corrected chi connectivity index (χ1v) is 8.69. The molecule has 0 atom stereocenters. The van der Waals surface area contributed by atoms with E-state index in [2.05, 4.69) is 23.8 Å². The van der Waals surface area contributed by atoms with Gasteiger partial charge in [0.05, 0.1) is 15.8 Å². The van der Waals surface area contributed by atoms with Crippen LogP contribution < -0.4 is 0 Å². The monoisotopic (exact) mass is 192 g/mol. The minimum Gasteiger partial charge on any atom is -0.556 e. The van der Waals surface area contributed by atoms with Crippen molar-refractivity contribution in [1.82, 2.24) is 0 Å². The summed E-state index contributed by atoms with van der Waals surface area (Å²) in [5.74, 6) is 1.33. The molecule has 0 amide bonds. The first-order valence-electron chi connectivity index (χ1n) is 3.67. The van der Waals surface area contributed by atoms with Crippen LogP contribution in [0.5, 0.6) is 0 Å². The second-order valence-corrected chi connectivity index (χ2v) is 7.90. The van der Waals surface area contributed by atoms with E-state index in [1.54, 1.807) is 7.11 Å². The smallest absolute Gasteiger partial charge is 0.211 e. The van der Waals surface area contributed by atoms with Gasteiger partial charge in [0.2, 0.25) is 9.38 Å². The Kier molecular flexibility index (Phi) is 9.88. The summed E-state index contributed by atoms with van der Waals surface area (Å²) >= 11 is 2.17. The molecular formula is C6H16OSSi2. The fraction of sp³-hybridized carbons (Fsp3) is 0.833. The average molecular weight is 192 g/mol. The topological polar surface area (TPSA) is 9.23 Å². The van der Waals surface area contributed by atoms with Crippen molar-refractivity contribution in [1.29, 1.82) is 0 Å². The van der Waals surface area contributed by atoms with E-state index in [9.17, 15) is 0 Å². The van der Waals surface area contributed by atoms with Gasteiger partial charge in [0, 0.05) is 0 Å². The van der Waals surface area contributed by atoms with Gasteiger partial charge in [-0.25, -0.2) is 0 Å². The molecule has 10 heavy (non-hydrogen) atoms. The van der Waals surface area contributed by atoms with Crippen LogP contribution in [0.1, 0.15) is 13.3 Å². The lowest BCUT2D eigenvalue weighted by molar-refractivity contribution is 0.456. The van der Waals surface area contributed by atoms with E-state index < -0.39 is 0 Å². The van der Waals surface area contributed by atoms with Gasteiger partial charge >= 0.3 is 0 Å². The van der Waals surface area contributed by atoms with Crippen molar-refractivity contribution in [3.63, 3.8) is 0 Å². The Balaban J connectivity index is 2.83. The van der Waals surface area contributed by atoms with E-state index >= 15 is 0 Å². The van der Waals surface area contributed by atoms with Crippen LogP contribution in [0.4, 0.5) is 0 Å². The molecule has 0 radical (unpaired) electrons. The van der Waals surface area contributed by atoms with Crippen molar-refractivity contribution in [2.24, 2.45) is 0 Å². The Morgan fingerprint density at radius 3 is 3.10 bits per heavy atom. The van der Waals surface area contributed by atoms with Crippen LogP contribution in [-0.2, 0) is 4.43 Å². The van der Waals surface area contributed by atoms with Crippen LogP contribution in [-0.4, -0.2) is 36.6 Å². The summed E-state index contributed by atoms with van der Waals surface area (Å²) in [6, 6.07) is 1.43. The molecule has 0 heterocycles. The summed E-state index contributed by atoms with van der Waals surface area (Å²) in [7, 11) is 2.21. The standard InChI is InChI=1S/C6H16OSSi2/c1-3-10-8-5-4-6-9-7-2/h6,9H,3-5,10H2,1-2H3. The summed E-state index contributed by atoms with van der Waals surface area (Å²) in [6.45, 7) is 2.28. The maximum Gasteiger partial charge on any atom is 0.211 e. The van der Waals surface area contributed by atoms with E-state index in [0.717, 1.165) is 0 Å². The average Bonchev–Trinajstić information content (AvgIpc) is 1.97. The van der Waals surface area contributed by atoms with E-state index in [0.29, 0.717) is 0 Å². The summed E-state index contributed by atoms with van der Waals surface area (Å²) in [6.07, 6.45) is 1.25. The summed E-state index contributed by atoms with van der Waals surface area (Å²) in [5.41, 5.74) is 2.29. The van der Waals surface area contributed by atoms with E-state index in [1.807, 2.05) is 0 Å². The zero-order chi connectivity index (χ0) is 7.66. The van der Waals surface area contributed by atoms with Crippen molar-refractivity contribution in [2.45, 2.75) is 19.4 Å². The third-order valence-electron chi connectivity index (χ3n) is 1.01. The summed E-state index contributed by atoms with van der Waals surface area (Å²) in [4.78, 5) is 0. The zero-order valence-corrected chi connectivity index (χ0v) is 10.2. The molecule has 0 N–H and O–H groups in total. The van der Waals surface area contributed by atoms with Crippen molar-refractivity contribution >= 4 is 34.9 Å². The summed E-state index contributed by atoms with van der Waals surface area (Å²) in [5, 5.41) is 0. The SMILES string of the molecule is CC[SiH2]SCCC=[SiH]OC. The molecule has 0 unspecified atom stereocenters. The highest BCUT2D eigenvalue weighted by Gasteiger charge is 1.83. The number of hydrogen-bond donors (Lipinski definition) is 0. The molecule has 0 saturated carbocycles. The number of rotatable bonds is 6. The third kappa shape index (κ3) is 8.45. The second-order valence-electron chi connectivity index (χ2n) is 2.01. The maximum absolute atomic E-state index is 4.98. The van der Waals surface area contributed by atoms with Gasteiger partial charge in [0.1, 0.15) is 0 Å². The van der Waals surface area contributed by atoms with Gasteiger partial charge in [0.15, 0.2) is 0 Å². The molecule has 0 spiro atoms. The molecule has 4 heteroatoms. The van der Waals surface area contributed by atoms with Crippen molar-refractivity contribution in [3.8, 4) is 0 Å². The minimum atomic E-state index is 0.184. The van der Waals surface area contributed by atoms with Gasteiger partial charge in [-0.1, -0.05) is 18.6 Å². The fourth-order valence-electron chi connectivity index (χ4n) is 0.562. The van der Waals surface area contributed by atoms with Gasteiger partial charge in [-0.2, -0.15) is 11.2 Å². The highest BCUT2D eigenvalue weighted by atomic mass is 32.4. The predicted octanol–water partition coefficient (Wildman–Crippen LogP) is 0.432. The molecular weight excluding hydrogens is 176 g/mol. The molecule has 1 nitrogen and oxygen atoms in total. The highest BCUT2D eigenvalue weighted by Crippen LogP contribution is 1.99. The van der Waals surface area contributed by atoms with Gasteiger partial charge in [-0.15, -0.1) is 0 Å². The molecule has 0 aliphatic heterocycles. The molecule has 0 aromatic rings. The van der Waals surface area contributed by atoms with Crippen LogP contribution in [0, 0.1) is 0 Å². The number of hydrogen-bond acceptors (Lipinski definition) is 2. The van der Waals surface area contributed by atoms with E-state index in [1.165, 1.54) is 18.2 Å². The minimum absolute atomic E-state index is 0.184. The molecule has 0 aliphatic carbocycles. The van der Waals surface area contributed by atoms with Crippen molar-refractivity contribution in [3.05, 3.63) is 0 Å². The van der Waals surface area contributed by atoms with Gasteiger partial charge in [0.25, 0.3) is 0 Å². The molecule has 0 aromatic carbocycles. The van der Waals surface area contributed by atoms with E-state index in [-0.39, 0.29) is 18.0 Å². The Bertz CT molecular complexity index is 87.8. The molecule has 0 bridgehead atoms. The second kappa shape index (κ2) is 9.45. The van der Waals surface area contributed by atoms with Crippen LogP contribution in [0.25, 0.3) is 0 Å². The third-order valence-corrected chi connectivity index (χ3v) is 5.99. The largest absolute Gasteiger partial charge is 0.556 e. The fourth-order valence-corrected chi connectivity index (χ4v) is 4.07. The van der Waals surface area contributed by atoms with Gasteiger partial charge in [-0.05, 0) is 12.2 Å². The predicted molar refractivity (Wildman–Crippen MR) is 56.3 cm³/mol. The molecule has 60 valence electrons. The molecule has 0 rings (SSSR count). The van der Waals surface area contributed by atoms with Crippen LogP contribution >= 0.6 is 11.2 Å². The quantitative estimate of drug-likeness (QED) is 0.446. The lowest BCUT2D eigenvalue weighted by atomic mass is 10.6. The Hall–Kier alpha value is 0.454. The highest BCUT2D eigenvalue weighted by molar-refractivity contribution is 8.22. The Morgan fingerprint density at radius 1 is 1.70 bits per heavy atom. The zero-order valence-electron chi connectivity index (χ0n) is 6.80. The molecule has 0 saturated heterocycles. The summed E-state index contributed by atoms with van der Waals surface area (Å²) < 4.78 is 4.98. The van der Waals surface area contributed by atoms with Crippen molar-refractivity contribution in [2.75, 3.05) is 12.9 Å². The van der Waals surface area contributed by atoms with Crippen LogP contribution in [0.2, 0.25) is 6.04 Å². The normalized spacial score (nSPS) is 11.8. The first-order chi connectivity index (χ1) is 4.91. The van der Waals surface area contributed by atoms with E-state index in [4.69, 9.17) is 4.43 Å². The van der Waals surface area contributed by atoms with Gasteiger partial charge < -0.3 is 4.43 Å². The molecule has 0 fully saturated rings. The first kappa shape index (κ1) is 10.5. The van der Waals surface area contributed by atoms with Crippen LogP contribution in [0.15, 0.2) is 0 Å². The maximum atomic E-state index is 4.98. The van der Waals surface area contributed by atoms with Crippen LogP contribution in [0.3, 0.4) is 0 Å². The molecule has 0 aromatic heterocycles. The Labute approximate surface area is 72.0 Å². The van der Waals surface area contributed by atoms with Crippen molar-refractivity contribution < 1.29 is 4.43 Å². The van der Waals surface area contributed by atoms with Gasteiger partial charge in [-0.3, -0.25) is 0 Å².